The van der Waals surface area contributed by atoms with Crippen molar-refractivity contribution in [3.63, 3.8) is 0 Å². The predicted octanol–water partition coefficient (Wildman–Crippen LogP) is 5.28. The van der Waals surface area contributed by atoms with Gasteiger partial charge in [-0.2, -0.15) is 0 Å². The molecule has 0 spiro atoms. The van der Waals surface area contributed by atoms with Gasteiger partial charge in [-0.15, -0.1) is 0 Å². The largest absolute Gasteiger partial charge is 0.0649 e. The third kappa shape index (κ3) is 4.02. The van der Waals surface area contributed by atoms with Gasteiger partial charge in [0.1, 0.15) is 0 Å². The van der Waals surface area contributed by atoms with Crippen LogP contribution < -0.4 is 0 Å². The Morgan fingerprint density at radius 2 is 1.29 bits per heavy atom. The highest BCUT2D eigenvalue weighted by Crippen LogP contribution is 2.37. The van der Waals surface area contributed by atoms with Crippen molar-refractivity contribution in [1.82, 2.24) is 0 Å². The first-order chi connectivity index (χ1) is 6.51. The van der Waals surface area contributed by atoms with Crippen LogP contribution in [0.4, 0.5) is 0 Å². The lowest BCUT2D eigenvalue weighted by Gasteiger charge is -2.32. The Morgan fingerprint density at radius 1 is 0.857 bits per heavy atom. The minimum absolute atomic E-state index is 0.642. The van der Waals surface area contributed by atoms with Gasteiger partial charge in [-0.25, -0.2) is 0 Å². The van der Waals surface area contributed by atoms with E-state index in [0.29, 0.717) is 5.41 Å². The van der Waals surface area contributed by atoms with Crippen molar-refractivity contribution in [3.8, 4) is 0 Å². The molecule has 0 heterocycles. The van der Waals surface area contributed by atoms with E-state index in [1.807, 2.05) is 0 Å². The minimum atomic E-state index is 0.642. The van der Waals surface area contributed by atoms with E-state index >= 15 is 0 Å². The second-order valence-corrected chi connectivity index (χ2v) is 5.32. The van der Waals surface area contributed by atoms with Crippen molar-refractivity contribution in [1.29, 1.82) is 0 Å². The van der Waals surface area contributed by atoms with Gasteiger partial charge in [0.25, 0.3) is 0 Å². The fourth-order valence-corrected chi connectivity index (χ4v) is 2.15. The zero-order chi connectivity index (χ0) is 11.2. The van der Waals surface area contributed by atoms with Gasteiger partial charge in [-0.1, -0.05) is 60.8 Å². The molecular formula is C14H30. The summed E-state index contributed by atoms with van der Waals surface area (Å²) in [4.78, 5) is 0. The average molecular weight is 198 g/mol. The lowest BCUT2D eigenvalue weighted by Crippen LogP contribution is -2.19. The monoisotopic (exact) mass is 198 g/mol. The first-order valence-corrected chi connectivity index (χ1v) is 6.51. The molecule has 0 heteroatoms. The van der Waals surface area contributed by atoms with Crippen molar-refractivity contribution >= 4 is 0 Å². The SMILES string of the molecule is CCC(CC)(CC)CCC(C)C(C)C. The minimum Gasteiger partial charge on any atom is -0.0649 e. The Bertz CT molecular complexity index is 123. The van der Waals surface area contributed by atoms with Crippen LogP contribution in [0.1, 0.15) is 73.6 Å². The highest BCUT2D eigenvalue weighted by atomic mass is 14.3. The van der Waals surface area contributed by atoms with Crippen LogP contribution in [0.5, 0.6) is 0 Å². The van der Waals surface area contributed by atoms with Crippen molar-refractivity contribution in [2.24, 2.45) is 17.3 Å². The summed E-state index contributed by atoms with van der Waals surface area (Å²) in [7, 11) is 0. The van der Waals surface area contributed by atoms with Gasteiger partial charge in [-0.3, -0.25) is 0 Å². The van der Waals surface area contributed by atoms with Crippen molar-refractivity contribution in [3.05, 3.63) is 0 Å². The standard InChI is InChI=1S/C14H30/c1-7-14(8-2,9-3)11-10-13(6)12(4)5/h12-13H,7-11H2,1-6H3. The van der Waals surface area contributed by atoms with E-state index in [1.54, 1.807) is 0 Å². The fourth-order valence-electron chi connectivity index (χ4n) is 2.15. The maximum Gasteiger partial charge on any atom is -0.0305 e. The molecule has 1 unspecified atom stereocenters. The Balaban J connectivity index is 4.05. The number of hydrogen-bond acceptors (Lipinski definition) is 0. The molecule has 1 atom stereocenters. The van der Waals surface area contributed by atoms with Crippen LogP contribution in [-0.2, 0) is 0 Å². The van der Waals surface area contributed by atoms with Gasteiger partial charge in [0.15, 0.2) is 0 Å². The van der Waals surface area contributed by atoms with E-state index in [4.69, 9.17) is 0 Å². The van der Waals surface area contributed by atoms with E-state index in [-0.39, 0.29) is 0 Å². The van der Waals surface area contributed by atoms with E-state index in [1.165, 1.54) is 32.1 Å². The van der Waals surface area contributed by atoms with Crippen LogP contribution in [0, 0.1) is 17.3 Å². The summed E-state index contributed by atoms with van der Waals surface area (Å²) in [6.45, 7) is 14.1. The zero-order valence-corrected chi connectivity index (χ0v) is 11.2. The van der Waals surface area contributed by atoms with Crippen molar-refractivity contribution < 1.29 is 0 Å². The molecule has 0 bridgehead atoms. The molecule has 14 heavy (non-hydrogen) atoms. The first kappa shape index (κ1) is 14.0. The zero-order valence-electron chi connectivity index (χ0n) is 11.2. The molecule has 0 N–H and O–H groups in total. The molecule has 0 radical (unpaired) electrons. The summed E-state index contributed by atoms with van der Waals surface area (Å²) in [5.41, 5.74) is 0.642. The van der Waals surface area contributed by atoms with Crippen molar-refractivity contribution in [2.75, 3.05) is 0 Å². The fraction of sp³-hybridized carbons (Fsp3) is 1.00. The molecular weight excluding hydrogens is 168 g/mol. The molecule has 0 aromatic heterocycles. The maximum atomic E-state index is 2.40. The third-order valence-corrected chi connectivity index (χ3v) is 4.52. The Labute approximate surface area is 91.5 Å². The van der Waals surface area contributed by atoms with Crippen molar-refractivity contribution in [2.45, 2.75) is 73.6 Å². The van der Waals surface area contributed by atoms with Crippen LogP contribution in [0.3, 0.4) is 0 Å². The van der Waals surface area contributed by atoms with Gasteiger partial charge in [0.2, 0.25) is 0 Å². The molecule has 0 aliphatic carbocycles. The molecule has 0 saturated heterocycles. The van der Waals surface area contributed by atoms with Gasteiger partial charge >= 0.3 is 0 Å². The third-order valence-electron chi connectivity index (χ3n) is 4.52. The van der Waals surface area contributed by atoms with Crippen LogP contribution in [0.15, 0.2) is 0 Å². The molecule has 0 rings (SSSR count). The number of rotatable bonds is 7. The summed E-state index contributed by atoms with van der Waals surface area (Å²) in [6, 6.07) is 0. The lowest BCUT2D eigenvalue weighted by molar-refractivity contribution is 0.198. The molecule has 0 amide bonds. The number of hydrogen-bond donors (Lipinski definition) is 0. The molecule has 0 aliphatic heterocycles. The summed E-state index contributed by atoms with van der Waals surface area (Å²) < 4.78 is 0. The van der Waals surface area contributed by atoms with Crippen LogP contribution in [0.25, 0.3) is 0 Å². The molecule has 0 saturated carbocycles. The first-order valence-electron chi connectivity index (χ1n) is 6.51. The second kappa shape index (κ2) is 6.48. The Hall–Kier alpha value is 0. The molecule has 86 valence electrons. The summed E-state index contributed by atoms with van der Waals surface area (Å²) in [5.74, 6) is 1.73. The van der Waals surface area contributed by atoms with Crippen LogP contribution in [0.2, 0.25) is 0 Å². The molecule has 0 aliphatic rings. The molecule has 0 aromatic rings. The molecule has 0 aromatic carbocycles. The Morgan fingerprint density at radius 3 is 1.57 bits per heavy atom. The highest BCUT2D eigenvalue weighted by Gasteiger charge is 2.24. The average Bonchev–Trinajstić information content (AvgIpc) is 2.20. The highest BCUT2D eigenvalue weighted by molar-refractivity contribution is 4.76. The molecule has 0 nitrogen and oxygen atoms in total. The second-order valence-electron chi connectivity index (χ2n) is 5.32. The summed E-state index contributed by atoms with van der Waals surface area (Å²) >= 11 is 0. The van der Waals surface area contributed by atoms with Gasteiger partial charge in [0, 0.05) is 0 Å². The van der Waals surface area contributed by atoms with E-state index < -0.39 is 0 Å². The Kier molecular flexibility index (Phi) is 6.48. The summed E-state index contributed by atoms with van der Waals surface area (Å²) in [5, 5.41) is 0. The maximum absolute atomic E-state index is 2.40. The summed E-state index contributed by atoms with van der Waals surface area (Å²) in [6.07, 6.45) is 6.89. The van der Waals surface area contributed by atoms with Crippen LogP contribution in [-0.4, -0.2) is 0 Å². The van der Waals surface area contributed by atoms with Gasteiger partial charge in [0.05, 0.1) is 0 Å². The van der Waals surface area contributed by atoms with E-state index in [0.717, 1.165) is 11.8 Å². The van der Waals surface area contributed by atoms with Gasteiger partial charge in [-0.05, 0) is 30.1 Å². The van der Waals surface area contributed by atoms with Gasteiger partial charge < -0.3 is 0 Å². The molecule has 0 fully saturated rings. The quantitative estimate of drug-likeness (QED) is 0.522. The topological polar surface area (TPSA) is 0 Å². The predicted molar refractivity (Wildman–Crippen MR) is 66.5 cm³/mol. The smallest absolute Gasteiger partial charge is 0.0305 e. The van der Waals surface area contributed by atoms with Crippen LogP contribution >= 0.6 is 0 Å². The lowest BCUT2D eigenvalue weighted by atomic mass is 9.74. The van der Waals surface area contributed by atoms with E-state index in [2.05, 4.69) is 41.5 Å². The van der Waals surface area contributed by atoms with E-state index in [9.17, 15) is 0 Å². The normalized spacial score (nSPS) is 14.8.